The maximum absolute atomic E-state index is 13.1. The van der Waals surface area contributed by atoms with Crippen LogP contribution in [0.25, 0.3) is 0 Å². The fraction of sp³-hybridized carbons (Fsp3) is 0.476. The van der Waals surface area contributed by atoms with Gasteiger partial charge in [0.05, 0.1) is 5.56 Å². The number of rotatable bonds is 3. The van der Waals surface area contributed by atoms with E-state index in [2.05, 4.69) is 45.5 Å². The Hall–Kier alpha value is -1.65. The smallest absolute Gasteiger partial charge is 0.255 e. The van der Waals surface area contributed by atoms with Crippen molar-refractivity contribution in [2.24, 2.45) is 0 Å². The Morgan fingerprint density at radius 2 is 1.80 bits per heavy atom. The minimum absolute atomic E-state index is 0.265. The second-order valence-corrected chi connectivity index (χ2v) is 8.13. The zero-order valence-electron chi connectivity index (χ0n) is 14.7. The predicted molar refractivity (Wildman–Crippen MR) is 103 cm³/mol. The first-order chi connectivity index (χ1) is 12.3. The van der Waals surface area contributed by atoms with Crippen molar-refractivity contribution in [1.82, 2.24) is 9.80 Å². The number of nitrogens with zero attached hydrogens (tertiary/aromatic N) is 2. The summed E-state index contributed by atoms with van der Waals surface area (Å²) in [7, 11) is 0. The van der Waals surface area contributed by atoms with Gasteiger partial charge in [0.25, 0.3) is 5.91 Å². The van der Waals surface area contributed by atoms with Crippen molar-refractivity contribution in [2.45, 2.75) is 38.6 Å². The number of aryl methyl sites for hydroxylation is 1. The molecule has 1 aliphatic heterocycles. The molecule has 1 amide bonds. The number of carbonyl (C=O) groups is 1. The van der Waals surface area contributed by atoms with Crippen molar-refractivity contribution in [1.29, 1.82) is 0 Å². The quantitative estimate of drug-likeness (QED) is 0.832. The Morgan fingerprint density at radius 3 is 2.68 bits per heavy atom. The highest BCUT2D eigenvalue weighted by Gasteiger charge is 2.25. The summed E-state index contributed by atoms with van der Waals surface area (Å²) in [5.74, 6) is 0.265. The molecule has 1 saturated heterocycles. The van der Waals surface area contributed by atoms with E-state index in [1.807, 2.05) is 0 Å². The van der Waals surface area contributed by atoms with Crippen molar-refractivity contribution in [2.75, 3.05) is 26.2 Å². The molecule has 2 aliphatic rings. The van der Waals surface area contributed by atoms with Crippen LogP contribution in [0.5, 0.6) is 0 Å². The molecule has 0 radical (unpaired) electrons. The number of carbonyl (C=O) groups excluding carboxylic acids is 1. The zero-order valence-corrected chi connectivity index (χ0v) is 15.6. The summed E-state index contributed by atoms with van der Waals surface area (Å²) in [5.41, 5.74) is 3.71. The molecular formula is C21H26N2OS. The summed E-state index contributed by atoms with van der Waals surface area (Å²) in [4.78, 5) is 19.1. The van der Waals surface area contributed by atoms with Gasteiger partial charge in [0.1, 0.15) is 0 Å². The molecule has 2 aromatic rings. The van der Waals surface area contributed by atoms with Gasteiger partial charge >= 0.3 is 0 Å². The van der Waals surface area contributed by atoms with Crippen LogP contribution in [0.15, 0.2) is 35.7 Å². The number of amides is 1. The molecular weight excluding hydrogens is 328 g/mol. The fourth-order valence-electron chi connectivity index (χ4n) is 4.02. The number of hydrogen-bond donors (Lipinski definition) is 0. The molecule has 4 heteroatoms. The Kier molecular flexibility index (Phi) is 5.18. The normalized spacial score (nSPS) is 18.6. The monoisotopic (exact) mass is 354 g/mol. The number of thiophene rings is 1. The first kappa shape index (κ1) is 16.8. The lowest BCUT2D eigenvalue weighted by molar-refractivity contribution is 0.0760. The van der Waals surface area contributed by atoms with Gasteiger partial charge < -0.3 is 4.90 Å². The van der Waals surface area contributed by atoms with E-state index in [4.69, 9.17) is 0 Å². The lowest BCUT2D eigenvalue weighted by atomic mass is 9.95. The topological polar surface area (TPSA) is 23.6 Å². The van der Waals surface area contributed by atoms with E-state index in [1.54, 1.807) is 11.3 Å². The molecule has 1 aromatic heterocycles. The lowest BCUT2D eigenvalue weighted by Gasteiger charge is -2.23. The maximum atomic E-state index is 13.1. The van der Waals surface area contributed by atoms with E-state index in [0.29, 0.717) is 0 Å². The lowest BCUT2D eigenvalue weighted by Crippen LogP contribution is -2.35. The molecule has 1 fully saturated rings. The zero-order chi connectivity index (χ0) is 17.1. The van der Waals surface area contributed by atoms with Crippen LogP contribution in [0, 0.1) is 0 Å². The van der Waals surface area contributed by atoms with Crippen LogP contribution >= 0.6 is 11.3 Å². The predicted octanol–water partition coefficient (Wildman–Crippen LogP) is 3.98. The molecule has 0 saturated carbocycles. The van der Waals surface area contributed by atoms with Crippen LogP contribution in [0.2, 0.25) is 0 Å². The van der Waals surface area contributed by atoms with Gasteiger partial charge in [-0.2, -0.15) is 0 Å². The summed E-state index contributed by atoms with van der Waals surface area (Å²) < 4.78 is 0. The third-order valence-electron chi connectivity index (χ3n) is 5.42. The van der Waals surface area contributed by atoms with Crippen LogP contribution < -0.4 is 0 Å². The van der Waals surface area contributed by atoms with Crippen LogP contribution in [0.1, 0.15) is 45.6 Å². The van der Waals surface area contributed by atoms with Gasteiger partial charge in [0, 0.05) is 43.0 Å². The van der Waals surface area contributed by atoms with Crippen LogP contribution in [0.3, 0.4) is 0 Å². The Morgan fingerprint density at radius 1 is 0.960 bits per heavy atom. The van der Waals surface area contributed by atoms with Crippen LogP contribution in [0.4, 0.5) is 0 Å². The summed E-state index contributed by atoms with van der Waals surface area (Å²) in [6.07, 6.45) is 5.82. The van der Waals surface area contributed by atoms with E-state index in [9.17, 15) is 4.79 Å². The highest BCUT2D eigenvalue weighted by Crippen LogP contribution is 2.31. The molecule has 132 valence electrons. The van der Waals surface area contributed by atoms with Gasteiger partial charge in [-0.15, -0.1) is 11.3 Å². The minimum atomic E-state index is 0.265. The van der Waals surface area contributed by atoms with Crippen molar-refractivity contribution < 1.29 is 4.79 Å². The molecule has 2 heterocycles. The summed E-state index contributed by atoms with van der Waals surface area (Å²) in [6.45, 7) is 4.75. The molecule has 0 atom stereocenters. The van der Waals surface area contributed by atoms with Gasteiger partial charge in [-0.05, 0) is 43.2 Å². The van der Waals surface area contributed by atoms with Crippen molar-refractivity contribution in [3.63, 3.8) is 0 Å². The largest absolute Gasteiger partial charge is 0.337 e. The Balaban J connectivity index is 1.40. The second-order valence-electron chi connectivity index (χ2n) is 7.17. The van der Waals surface area contributed by atoms with Gasteiger partial charge in [-0.3, -0.25) is 9.69 Å². The van der Waals surface area contributed by atoms with Gasteiger partial charge in [0.2, 0.25) is 0 Å². The second kappa shape index (κ2) is 7.71. The van der Waals surface area contributed by atoms with Crippen LogP contribution in [-0.2, 0) is 19.4 Å². The average molecular weight is 355 g/mol. The maximum Gasteiger partial charge on any atom is 0.255 e. The Bertz CT molecular complexity index is 725. The first-order valence-corrected chi connectivity index (χ1v) is 10.3. The molecule has 0 N–H and O–H groups in total. The molecule has 25 heavy (non-hydrogen) atoms. The van der Waals surface area contributed by atoms with Gasteiger partial charge in [-0.1, -0.05) is 30.3 Å². The fourth-order valence-corrected chi connectivity index (χ4v) is 5.14. The summed E-state index contributed by atoms with van der Waals surface area (Å²) in [5, 5.41) is 2.12. The third-order valence-corrected chi connectivity index (χ3v) is 6.51. The SMILES string of the molecule is O=C(c1csc2c1CCCC2)N1CCCN(Cc2ccccc2)CC1. The Labute approximate surface area is 154 Å². The average Bonchev–Trinajstić information content (AvgIpc) is 2.95. The van der Waals surface area contributed by atoms with E-state index in [0.717, 1.165) is 57.5 Å². The van der Waals surface area contributed by atoms with Gasteiger partial charge in [-0.25, -0.2) is 0 Å². The third kappa shape index (κ3) is 3.80. The molecule has 3 nitrogen and oxygen atoms in total. The van der Waals surface area contributed by atoms with E-state index in [1.165, 1.54) is 28.8 Å². The van der Waals surface area contributed by atoms with Gasteiger partial charge in [0.15, 0.2) is 0 Å². The molecule has 1 aliphatic carbocycles. The van der Waals surface area contributed by atoms with Crippen molar-refractivity contribution in [3.05, 3.63) is 57.3 Å². The summed E-state index contributed by atoms with van der Waals surface area (Å²) >= 11 is 1.79. The molecule has 4 rings (SSSR count). The molecule has 0 spiro atoms. The summed E-state index contributed by atoms with van der Waals surface area (Å²) in [6, 6.07) is 10.6. The standard InChI is InChI=1S/C21H26N2OS/c24-21(19-16-25-20-10-5-4-9-18(19)20)23-12-6-11-22(13-14-23)15-17-7-2-1-3-8-17/h1-3,7-8,16H,4-6,9-15H2. The van der Waals surface area contributed by atoms with E-state index >= 15 is 0 Å². The highest BCUT2D eigenvalue weighted by molar-refractivity contribution is 7.10. The number of benzene rings is 1. The number of hydrogen-bond acceptors (Lipinski definition) is 3. The van der Waals surface area contributed by atoms with E-state index < -0.39 is 0 Å². The number of fused-ring (bicyclic) bond motifs is 1. The first-order valence-electron chi connectivity index (χ1n) is 9.46. The van der Waals surface area contributed by atoms with Crippen molar-refractivity contribution >= 4 is 17.2 Å². The molecule has 1 aromatic carbocycles. The van der Waals surface area contributed by atoms with E-state index in [-0.39, 0.29) is 5.91 Å². The molecule has 0 unspecified atom stereocenters. The molecule has 0 bridgehead atoms. The van der Waals surface area contributed by atoms with Crippen LogP contribution in [-0.4, -0.2) is 41.9 Å². The van der Waals surface area contributed by atoms with Crippen molar-refractivity contribution in [3.8, 4) is 0 Å². The minimum Gasteiger partial charge on any atom is -0.337 e. The highest BCUT2D eigenvalue weighted by atomic mass is 32.1.